The van der Waals surface area contributed by atoms with Crippen LogP contribution >= 0.6 is 0 Å². The standard InChI is InChI=1S/C22H28N2O5/c1-5-28-19-12-7-16(13-20(19)27-4)14-24(3)15-21(25)23-18-10-8-17(9-11-18)22(26)29-6-2/h7-13H,5-6,14-15H2,1-4H3,(H,23,25). The summed E-state index contributed by atoms with van der Waals surface area (Å²) in [6.07, 6.45) is 0. The first kappa shape index (κ1) is 22.2. The van der Waals surface area contributed by atoms with Crippen LogP contribution in [0.25, 0.3) is 0 Å². The van der Waals surface area contributed by atoms with Crippen LogP contribution in [0.3, 0.4) is 0 Å². The second-order valence-corrected chi connectivity index (χ2v) is 6.44. The van der Waals surface area contributed by atoms with Crippen molar-refractivity contribution in [2.24, 2.45) is 0 Å². The zero-order chi connectivity index (χ0) is 21.2. The first-order valence-corrected chi connectivity index (χ1v) is 9.52. The molecule has 1 N–H and O–H groups in total. The molecule has 7 nitrogen and oxygen atoms in total. The highest BCUT2D eigenvalue weighted by Crippen LogP contribution is 2.28. The van der Waals surface area contributed by atoms with Crippen LogP contribution < -0.4 is 14.8 Å². The molecule has 0 aromatic heterocycles. The fourth-order valence-corrected chi connectivity index (χ4v) is 2.80. The Labute approximate surface area is 171 Å². The second kappa shape index (κ2) is 11.1. The molecule has 2 rings (SSSR count). The predicted molar refractivity (Wildman–Crippen MR) is 112 cm³/mol. The SMILES string of the molecule is CCOC(=O)c1ccc(NC(=O)CN(C)Cc2ccc(OCC)c(OC)c2)cc1. The summed E-state index contributed by atoms with van der Waals surface area (Å²) in [6, 6.07) is 12.4. The van der Waals surface area contributed by atoms with Gasteiger partial charge in [0.25, 0.3) is 0 Å². The lowest BCUT2D eigenvalue weighted by Gasteiger charge is -2.18. The Bertz CT molecular complexity index is 820. The molecule has 0 unspecified atom stereocenters. The summed E-state index contributed by atoms with van der Waals surface area (Å²) < 4.78 is 15.8. The second-order valence-electron chi connectivity index (χ2n) is 6.44. The van der Waals surface area contributed by atoms with E-state index in [2.05, 4.69) is 5.32 Å². The van der Waals surface area contributed by atoms with Crippen molar-refractivity contribution in [1.29, 1.82) is 0 Å². The van der Waals surface area contributed by atoms with E-state index in [-0.39, 0.29) is 18.4 Å². The summed E-state index contributed by atoms with van der Waals surface area (Å²) >= 11 is 0. The Hall–Kier alpha value is -3.06. The number of rotatable bonds is 10. The lowest BCUT2D eigenvalue weighted by molar-refractivity contribution is -0.117. The summed E-state index contributed by atoms with van der Waals surface area (Å²) in [5, 5.41) is 2.83. The Morgan fingerprint density at radius 1 is 1.00 bits per heavy atom. The van der Waals surface area contributed by atoms with Crippen molar-refractivity contribution in [3.05, 3.63) is 53.6 Å². The maximum atomic E-state index is 12.3. The number of nitrogens with one attached hydrogen (secondary N) is 1. The third kappa shape index (κ3) is 6.80. The van der Waals surface area contributed by atoms with Crippen LogP contribution in [0.4, 0.5) is 5.69 Å². The maximum Gasteiger partial charge on any atom is 0.338 e. The molecule has 0 aliphatic heterocycles. The van der Waals surface area contributed by atoms with Crippen LogP contribution in [-0.4, -0.2) is 50.7 Å². The fourth-order valence-electron chi connectivity index (χ4n) is 2.80. The molecule has 0 saturated carbocycles. The number of hydrogen-bond acceptors (Lipinski definition) is 6. The van der Waals surface area contributed by atoms with Gasteiger partial charge in [-0.3, -0.25) is 9.69 Å². The first-order valence-electron chi connectivity index (χ1n) is 9.52. The molecule has 0 aliphatic rings. The molecule has 2 aromatic rings. The van der Waals surface area contributed by atoms with Gasteiger partial charge in [-0.1, -0.05) is 6.07 Å². The fraction of sp³-hybridized carbons (Fsp3) is 0.364. The highest BCUT2D eigenvalue weighted by molar-refractivity contribution is 5.94. The summed E-state index contributed by atoms with van der Waals surface area (Å²) in [5.74, 6) is 0.847. The van der Waals surface area contributed by atoms with Crippen LogP contribution in [0.2, 0.25) is 0 Å². The number of carbonyl (C=O) groups is 2. The number of ether oxygens (including phenoxy) is 3. The van der Waals surface area contributed by atoms with Gasteiger partial charge < -0.3 is 19.5 Å². The Kier molecular flexibility index (Phi) is 8.48. The third-order valence-electron chi connectivity index (χ3n) is 4.07. The van der Waals surface area contributed by atoms with Gasteiger partial charge in [-0.25, -0.2) is 4.79 Å². The number of esters is 1. The zero-order valence-corrected chi connectivity index (χ0v) is 17.4. The van der Waals surface area contributed by atoms with Gasteiger partial charge in [0.05, 0.1) is 32.4 Å². The molecule has 29 heavy (non-hydrogen) atoms. The molecule has 0 spiro atoms. The van der Waals surface area contributed by atoms with E-state index in [0.29, 0.717) is 42.5 Å². The van der Waals surface area contributed by atoms with Crippen LogP contribution in [0.15, 0.2) is 42.5 Å². The van der Waals surface area contributed by atoms with Crippen LogP contribution in [0.1, 0.15) is 29.8 Å². The van der Waals surface area contributed by atoms with Gasteiger partial charge >= 0.3 is 5.97 Å². The smallest absolute Gasteiger partial charge is 0.338 e. The summed E-state index contributed by atoms with van der Waals surface area (Å²) in [7, 11) is 3.47. The maximum absolute atomic E-state index is 12.3. The average molecular weight is 400 g/mol. The van der Waals surface area contributed by atoms with Crippen molar-refractivity contribution in [2.75, 3.05) is 39.2 Å². The number of carbonyl (C=O) groups excluding carboxylic acids is 2. The van der Waals surface area contributed by atoms with Crippen molar-refractivity contribution in [3.63, 3.8) is 0 Å². The highest BCUT2D eigenvalue weighted by Gasteiger charge is 2.11. The van der Waals surface area contributed by atoms with Crippen molar-refractivity contribution in [2.45, 2.75) is 20.4 Å². The number of methoxy groups -OCH3 is 1. The van der Waals surface area contributed by atoms with E-state index in [1.54, 1.807) is 38.3 Å². The minimum atomic E-state index is -0.379. The van der Waals surface area contributed by atoms with E-state index in [4.69, 9.17) is 14.2 Å². The molecule has 156 valence electrons. The molecule has 0 radical (unpaired) electrons. The van der Waals surface area contributed by atoms with Crippen LogP contribution in [0, 0.1) is 0 Å². The van der Waals surface area contributed by atoms with E-state index >= 15 is 0 Å². The van der Waals surface area contributed by atoms with E-state index in [1.807, 2.05) is 37.1 Å². The topological polar surface area (TPSA) is 77.1 Å². The molecule has 2 aromatic carbocycles. The molecular formula is C22H28N2O5. The summed E-state index contributed by atoms with van der Waals surface area (Å²) in [5.41, 5.74) is 2.09. The molecule has 0 heterocycles. The van der Waals surface area contributed by atoms with Crippen molar-refractivity contribution in [3.8, 4) is 11.5 Å². The molecule has 1 amide bonds. The average Bonchev–Trinajstić information content (AvgIpc) is 2.69. The Morgan fingerprint density at radius 3 is 2.34 bits per heavy atom. The minimum Gasteiger partial charge on any atom is -0.493 e. The van der Waals surface area contributed by atoms with Gasteiger partial charge in [-0.2, -0.15) is 0 Å². The van der Waals surface area contributed by atoms with Crippen molar-refractivity contribution >= 4 is 17.6 Å². The molecule has 0 aliphatic carbocycles. The Balaban J connectivity index is 1.89. The summed E-state index contributed by atoms with van der Waals surface area (Å²) in [4.78, 5) is 25.9. The van der Waals surface area contributed by atoms with Gasteiger partial charge in [0.1, 0.15) is 0 Å². The van der Waals surface area contributed by atoms with Gasteiger partial charge in [-0.05, 0) is 62.9 Å². The van der Waals surface area contributed by atoms with Gasteiger partial charge in [-0.15, -0.1) is 0 Å². The predicted octanol–water partition coefficient (Wildman–Crippen LogP) is 3.34. The quantitative estimate of drug-likeness (QED) is 0.617. The molecular weight excluding hydrogens is 372 g/mol. The number of hydrogen-bond donors (Lipinski definition) is 1. The van der Waals surface area contributed by atoms with Gasteiger partial charge in [0.2, 0.25) is 5.91 Å². The number of nitrogens with zero attached hydrogens (tertiary/aromatic N) is 1. The first-order chi connectivity index (χ1) is 14.0. The van der Waals surface area contributed by atoms with Gasteiger partial charge in [0.15, 0.2) is 11.5 Å². The van der Waals surface area contributed by atoms with Gasteiger partial charge in [0, 0.05) is 12.2 Å². The number of amides is 1. The number of benzene rings is 2. The lowest BCUT2D eigenvalue weighted by atomic mass is 10.2. The normalized spacial score (nSPS) is 10.5. The molecule has 7 heteroatoms. The Morgan fingerprint density at radius 2 is 1.72 bits per heavy atom. The van der Waals surface area contributed by atoms with Crippen molar-refractivity contribution < 1.29 is 23.8 Å². The third-order valence-corrected chi connectivity index (χ3v) is 4.07. The molecule has 0 bridgehead atoms. The van der Waals surface area contributed by atoms with E-state index < -0.39 is 0 Å². The molecule has 0 fully saturated rings. The van der Waals surface area contributed by atoms with E-state index in [0.717, 1.165) is 5.56 Å². The van der Waals surface area contributed by atoms with Crippen LogP contribution in [0.5, 0.6) is 11.5 Å². The molecule has 0 saturated heterocycles. The minimum absolute atomic E-state index is 0.144. The lowest BCUT2D eigenvalue weighted by Crippen LogP contribution is -2.29. The molecule has 0 atom stereocenters. The number of anilines is 1. The highest BCUT2D eigenvalue weighted by atomic mass is 16.5. The largest absolute Gasteiger partial charge is 0.493 e. The monoisotopic (exact) mass is 400 g/mol. The summed E-state index contributed by atoms with van der Waals surface area (Å²) in [6.45, 7) is 5.37. The van der Waals surface area contributed by atoms with E-state index in [1.165, 1.54) is 0 Å². The zero-order valence-electron chi connectivity index (χ0n) is 17.4. The van der Waals surface area contributed by atoms with Crippen LogP contribution in [-0.2, 0) is 16.1 Å². The number of likely N-dealkylation sites (N-methyl/N-ethyl adjacent to an activating group) is 1. The van der Waals surface area contributed by atoms with E-state index in [9.17, 15) is 9.59 Å². The van der Waals surface area contributed by atoms with Crippen molar-refractivity contribution in [1.82, 2.24) is 4.90 Å².